The molecule has 3 rings (SSSR count). The number of carbonyl (C=O) groups excluding carboxylic acids is 2. The first-order valence-corrected chi connectivity index (χ1v) is 10.0. The first-order valence-electron chi connectivity index (χ1n) is 8.43. The van der Waals surface area contributed by atoms with Crippen LogP contribution in [0.4, 0.5) is 15.5 Å². The van der Waals surface area contributed by atoms with Gasteiger partial charge >= 0.3 is 6.03 Å². The summed E-state index contributed by atoms with van der Waals surface area (Å²) in [6, 6.07) is 6.89. The summed E-state index contributed by atoms with van der Waals surface area (Å²) in [6.45, 7) is 5.01. The van der Waals surface area contributed by atoms with Gasteiger partial charge in [-0.05, 0) is 36.8 Å². The molecule has 1 aromatic carbocycles. The average molecular weight is 438 g/mol. The van der Waals surface area contributed by atoms with Crippen molar-refractivity contribution in [2.75, 3.05) is 30.8 Å². The van der Waals surface area contributed by atoms with Crippen molar-refractivity contribution in [2.24, 2.45) is 5.73 Å². The van der Waals surface area contributed by atoms with Crippen LogP contribution in [0, 0.1) is 0 Å². The van der Waals surface area contributed by atoms with Gasteiger partial charge in [-0.2, -0.15) is 0 Å². The highest BCUT2D eigenvalue weighted by atomic mass is 79.9. The lowest BCUT2D eigenvalue weighted by Crippen LogP contribution is -2.47. The number of anilines is 2. The van der Waals surface area contributed by atoms with Gasteiger partial charge in [0.15, 0.2) is 0 Å². The van der Waals surface area contributed by atoms with E-state index in [0.29, 0.717) is 16.3 Å². The molecule has 0 radical (unpaired) electrons. The lowest BCUT2D eigenvalue weighted by atomic mass is 10.0. The van der Waals surface area contributed by atoms with Gasteiger partial charge < -0.3 is 15.5 Å². The smallest absolute Gasteiger partial charge is 0.324 e. The lowest BCUT2D eigenvalue weighted by Gasteiger charge is -2.36. The van der Waals surface area contributed by atoms with E-state index in [4.69, 9.17) is 5.73 Å². The van der Waals surface area contributed by atoms with Crippen LogP contribution in [-0.4, -0.2) is 36.6 Å². The molecule has 0 bridgehead atoms. The van der Waals surface area contributed by atoms with Crippen molar-refractivity contribution >= 4 is 49.9 Å². The van der Waals surface area contributed by atoms with Gasteiger partial charge in [-0.3, -0.25) is 10.1 Å². The fourth-order valence-electron chi connectivity index (χ4n) is 3.13. The summed E-state index contributed by atoms with van der Waals surface area (Å²) >= 11 is 4.81. The minimum absolute atomic E-state index is 0.388. The van der Waals surface area contributed by atoms with E-state index in [2.05, 4.69) is 40.5 Å². The molecule has 1 aliphatic rings. The molecule has 2 aromatic rings. The van der Waals surface area contributed by atoms with E-state index >= 15 is 0 Å². The molecule has 6 nitrogen and oxygen atoms in total. The minimum atomic E-state index is -0.492. The van der Waals surface area contributed by atoms with Crippen LogP contribution in [0.5, 0.6) is 0 Å². The molecule has 26 heavy (non-hydrogen) atoms. The number of hydrogen-bond acceptors (Lipinski definition) is 3. The number of rotatable bonds is 4. The van der Waals surface area contributed by atoms with Crippen molar-refractivity contribution < 1.29 is 14.1 Å². The average Bonchev–Trinajstić information content (AvgIpc) is 2.93. The molecule has 3 amide bonds. The number of nitrogens with one attached hydrogen (secondary N) is 2. The number of carbonyl (C=O) groups is 2. The predicted molar refractivity (Wildman–Crippen MR) is 109 cm³/mol. The number of hydrogen-bond donors (Lipinski definition) is 3. The van der Waals surface area contributed by atoms with Crippen LogP contribution in [0.1, 0.15) is 27.7 Å². The van der Waals surface area contributed by atoms with Crippen LogP contribution in [0.3, 0.4) is 0 Å². The number of halogens is 1. The van der Waals surface area contributed by atoms with E-state index in [-0.39, 0.29) is 6.03 Å². The maximum atomic E-state index is 12.4. The summed E-state index contributed by atoms with van der Waals surface area (Å²) in [7, 11) is 2.21. The molecule has 1 unspecified atom stereocenters. The second kappa shape index (κ2) is 7.38. The summed E-state index contributed by atoms with van der Waals surface area (Å²) < 4.78 is 1.86. The topological polar surface area (TPSA) is 84.2 Å². The van der Waals surface area contributed by atoms with Gasteiger partial charge in [-0.15, -0.1) is 11.3 Å². The van der Waals surface area contributed by atoms with E-state index in [1.807, 2.05) is 12.1 Å². The Hall–Kier alpha value is -1.90. The first-order chi connectivity index (χ1) is 12.3. The number of quaternary nitrogens is 1. The van der Waals surface area contributed by atoms with Crippen LogP contribution in [-0.2, 0) is 13.0 Å². The third-order valence-electron chi connectivity index (χ3n) is 4.86. The van der Waals surface area contributed by atoms with Crippen molar-refractivity contribution in [3.8, 4) is 0 Å². The molecule has 1 aliphatic heterocycles. The Balaban J connectivity index is 1.82. The number of benzene rings is 1. The van der Waals surface area contributed by atoms with Gasteiger partial charge in [-0.25, -0.2) is 4.79 Å². The van der Waals surface area contributed by atoms with Gasteiger partial charge in [-0.1, -0.05) is 15.9 Å². The van der Waals surface area contributed by atoms with Crippen molar-refractivity contribution in [2.45, 2.75) is 19.9 Å². The molecule has 2 heterocycles. The van der Waals surface area contributed by atoms with Gasteiger partial charge in [0.2, 0.25) is 0 Å². The van der Waals surface area contributed by atoms with Crippen LogP contribution in [0.25, 0.3) is 0 Å². The molecule has 0 aliphatic carbocycles. The SMILES string of the molecule is CC[N+]1(C)CCc2c(sc(NC(=O)Nc3ccc(Br)cc3)c2C(N)=O)C1. The fourth-order valence-corrected chi connectivity index (χ4v) is 4.81. The van der Waals surface area contributed by atoms with Gasteiger partial charge in [0, 0.05) is 16.6 Å². The Morgan fingerprint density at radius 2 is 1.96 bits per heavy atom. The Kier molecular flexibility index (Phi) is 5.36. The summed E-state index contributed by atoms with van der Waals surface area (Å²) in [5.41, 5.74) is 7.73. The summed E-state index contributed by atoms with van der Waals surface area (Å²) in [5.74, 6) is -0.492. The fraction of sp³-hybridized carbons (Fsp3) is 0.333. The second-order valence-electron chi connectivity index (χ2n) is 6.73. The molecule has 138 valence electrons. The van der Waals surface area contributed by atoms with Crippen LogP contribution in [0.15, 0.2) is 28.7 Å². The quantitative estimate of drug-likeness (QED) is 0.635. The van der Waals surface area contributed by atoms with Crippen LogP contribution < -0.4 is 16.4 Å². The van der Waals surface area contributed by atoms with E-state index < -0.39 is 5.91 Å². The molecule has 1 aromatic heterocycles. The number of primary amides is 1. The second-order valence-corrected chi connectivity index (χ2v) is 8.75. The normalized spacial score (nSPS) is 18.9. The minimum Gasteiger partial charge on any atom is -0.365 e. The van der Waals surface area contributed by atoms with E-state index in [0.717, 1.165) is 45.5 Å². The van der Waals surface area contributed by atoms with Gasteiger partial charge in [0.05, 0.1) is 30.6 Å². The Morgan fingerprint density at radius 1 is 1.27 bits per heavy atom. The Labute approximate surface area is 165 Å². The molecule has 4 N–H and O–H groups in total. The number of amides is 3. The Morgan fingerprint density at radius 3 is 2.58 bits per heavy atom. The summed E-state index contributed by atoms with van der Waals surface area (Å²) in [4.78, 5) is 25.5. The number of thiophene rings is 1. The molecule has 0 spiro atoms. The van der Waals surface area contributed by atoms with Gasteiger partial charge in [0.1, 0.15) is 11.5 Å². The molecule has 8 heteroatoms. The predicted octanol–water partition coefficient (Wildman–Crippen LogP) is 3.78. The third kappa shape index (κ3) is 3.92. The number of urea groups is 1. The summed E-state index contributed by atoms with van der Waals surface area (Å²) in [6.07, 6.45) is 0.796. The zero-order chi connectivity index (χ0) is 18.9. The van der Waals surface area contributed by atoms with Crippen LogP contribution >= 0.6 is 27.3 Å². The molecule has 0 saturated heterocycles. The van der Waals surface area contributed by atoms with Crippen molar-refractivity contribution in [1.82, 2.24) is 0 Å². The van der Waals surface area contributed by atoms with E-state index in [1.165, 1.54) is 11.3 Å². The maximum absolute atomic E-state index is 12.4. The highest BCUT2D eigenvalue weighted by Gasteiger charge is 2.33. The van der Waals surface area contributed by atoms with Crippen molar-refractivity contribution in [3.05, 3.63) is 44.7 Å². The number of fused-ring (bicyclic) bond motifs is 1. The molecular weight excluding hydrogens is 416 g/mol. The summed E-state index contributed by atoms with van der Waals surface area (Å²) in [5, 5.41) is 6.11. The van der Waals surface area contributed by atoms with E-state index in [9.17, 15) is 9.59 Å². The van der Waals surface area contributed by atoms with Crippen molar-refractivity contribution in [3.63, 3.8) is 0 Å². The number of likely N-dealkylation sites (N-methyl/N-ethyl adjacent to an activating group) is 1. The highest BCUT2D eigenvalue weighted by Crippen LogP contribution is 2.38. The molecule has 1 atom stereocenters. The zero-order valence-electron chi connectivity index (χ0n) is 14.8. The van der Waals surface area contributed by atoms with Crippen molar-refractivity contribution in [1.29, 1.82) is 0 Å². The lowest BCUT2D eigenvalue weighted by molar-refractivity contribution is -0.922. The first kappa shape index (κ1) is 18.9. The monoisotopic (exact) mass is 437 g/mol. The zero-order valence-corrected chi connectivity index (χ0v) is 17.2. The third-order valence-corrected chi connectivity index (χ3v) is 6.52. The highest BCUT2D eigenvalue weighted by molar-refractivity contribution is 9.10. The largest absolute Gasteiger partial charge is 0.365 e. The maximum Gasteiger partial charge on any atom is 0.324 e. The number of nitrogens with two attached hydrogens (primary N) is 1. The van der Waals surface area contributed by atoms with E-state index in [1.54, 1.807) is 12.1 Å². The molecular formula is C18H22BrN4O2S+. The molecule has 0 fully saturated rings. The number of nitrogens with zero attached hydrogens (tertiary/aromatic N) is 1. The standard InChI is InChI=1S/C18H21BrN4O2S/c1-3-23(2)9-8-13-14(10-23)26-17(15(13)16(20)24)22-18(25)21-12-6-4-11(19)5-7-12/h4-7H,3,8-10H2,1-2H3,(H3-,20,21,22,24,25)/p+1. The van der Waals surface area contributed by atoms with Crippen LogP contribution in [0.2, 0.25) is 0 Å². The molecule has 0 saturated carbocycles. The van der Waals surface area contributed by atoms with Gasteiger partial charge in [0.25, 0.3) is 5.91 Å². The Bertz CT molecular complexity index is 850.